The largest absolute Gasteiger partial charge is 0.381 e. The zero-order valence-electron chi connectivity index (χ0n) is 9.45. The van der Waals surface area contributed by atoms with Gasteiger partial charge in [-0.25, -0.2) is 0 Å². The van der Waals surface area contributed by atoms with Gasteiger partial charge in [-0.2, -0.15) is 0 Å². The molecule has 1 heterocycles. The molecule has 0 aromatic heterocycles. The monoisotopic (exact) mass is 217 g/mol. The fraction of sp³-hybridized carbons (Fsp3) is 1.00. The molecule has 0 amide bonds. The Bertz CT molecular complexity index is 138. The van der Waals surface area contributed by atoms with Crippen LogP contribution >= 0.6 is 0 Å². The van der Waals surface area contributed by atoms with E-state index in [4.69, 9.17) is 19.9 Å². The Morgan fingerprint density at radius 3 is 2.73 bits per heavy atom. The highest BCUT2D eigenvalue weighted by molar-refractivity contribution is 4.53. The molecular formula is C11H23NO3. The zero-order valence-corrected chi connectivity index (χ0v) is 9.45. The Labute approximate surface area is 92.1 Å². The summed E-state index contributed by atoms with van der Waals surface area (Å²) in [6.07, 6.45) is 5.33. The van der Waals surface area contributed by atoms with E-state index < -0.39 is 0 Å². The van der Waals surface area contributed by atoms with Gasteiger partial charge in [0.05, 0.1) is 6.61 Å². The lowest BCUT2D eigenvalue weighted by molar-refractivity contribution is -0.164. The van der Waals surface area contributed by atoms with Crippen LogP contribution in [-0.4, -0.2) is 39.3 Å². The van der Waals surface area contributed by atoms with E-state index in [0.717, 1.165) is 45.7 Å². The first kappa shape index (κ1) is 12.9. The minimum Gasteiger partial charge on any atom is -0.381 e. The molecule has 0 saturated carbocycles. The van der Waals surface area contributed by atoms with Gasteiger partial charge in [0.25, 0.3) is 0 Å². The van der Waals surface area contributed by atoms with E-state index in [1.807, 2.05) is 0 Å². The number of hydrogen-bond donors (Lipinski definition) is 1. The van der Waals surface area contributed by atoms with E-state index >= 15 is 0 Å². The lowest BCUT2D eigenvalue weighted by atomic mass is 10.2. The number of rotatable bonds is 8. The van der Waals surface area contributed by atoms with Gasteiger partial charge in [0.2, 0.25) is 0 Å². The van der Waals surface area contributed by atoms with Gasteiger partial charge in [-0.1, -0.05) is 0 Å². The predicted molar refractivity (Wildman–Crippen MR) is 58.7 cm³/mol. The van der Waals surface area contributed by atoms with Gasteiger partial charge in [0, 0.05) is 19.8 Å². The van der Waals surface area contributed by atoms with Crippen molar-refractivity contribution in [1.29, 1.82) is 0 Å². The second-order valence-electron chi connectivity index (χ2n) is 3.78. The van der Waals surface area contributed by atoms with Crippen LogP contribution in [0.15, 0.2) is 0 Å². The molecule has 0 aromatic carbocycles. The number of nitrogens with two attached hydrogens (primary N) is 1. The van der Waals surface area contributed by atoms with Crippen molar-refractivity contribution in [2.75, 3.05) is 33.0 Å². The lowest BCUT2D eigenvalue weighted by Gasteiger charge is -2.22. The minimum absolute atomic E-state index is 0.0304. The molecular weight excluding hydrogens is 194 g/mol. The van der Waals surface area contributed by atoms with Crippen molar-refractivity contribution in [2.45, 2.75) is 38.4 Å². The topological polar surface area (TPSA) is 53.7 Å². The van der Waals surface area contributed by atoms with Crippen molar-refractivity contribution in [3.05, 3.63) is 0 Å². The number of ether oxygens (including phenoxy) is 3. The molecule has 1 aliphatic rings. The summed E-state index contributed by atoms with van der Waals surface area (Å²) in [7, 11) is 0. The van der Waals surface area contributed by atoms with Crippen LogP contribution in [0.3, 0.4) is 0 Å². The first-order chi connectivity index (χ1) is 7.43. The van der Waals surface area contributed by atoms with Gasteiger partial charge in [0.15, 0.2) is 6.29 Å². The van der Waals surface area contributed by atoms with Crippen molar-refractivity contribution in [2.24, 2.45) is 5.73 Å². The van der Waals surface area contributed by atoms with Crippen LogP contribution in [0.25, 0.3) is 0 Å². The lowest BCUT2D eigenvalue weighted by Crippen LogP contribution is -2.23. The first-order valence-corrected chi connectivity index (χ1v) is 5.94. The van der Waals surface area contributed by atoms with Crippen molar-refractivity contribution < 1.29 is 14.2 Å². The fourth-order valence-electron chi connectivity index (χ4n) is 1.51. The molecule has 90 valence electrons. The van der Waals surface area contributed by atoms with E-state index in [0.29, 0.717) is 6.54 Å². The smallest absolute Gasteiger partial charge is 0.157 e. The molecule has 0 aliphatic carbocycles. The molecule has 15 heavy (non-hydrogen) atoms. The molecule has 1 unspecified atom stereocenters. The van der Waals surface area contributed by atoms with Crippen LogP contribution in [0, 0.1) is 0 Å². The molecule has 0 spiro atoms. The molecule has 0 radical (unpaired) electrons. The Hall–Kier alpha value is -0.160. The Morgan fingerprint density at radius 1 is 1.13 bits per heavy atom. The number of hydrogen-bond acceptors (Lipinski definition) is 4. The van der Waals surface area contributed by atoms with Crippen molar-refractivity contribution in [3.63, 3.8) is 0 Å². The quantitative estimate of drug-likeness (QED) is 0.622. The van der Waals surface area contributed by atoms with Gasteiger partial charge in [0.1, 0.15) is 0 Å². The normalized spacial score (nSPS) is 21.8. The summed E-state index contributed by atoms with van der Waals surface area (Å²) < 4.78 is 16.4. The average molecular weight is 217 g/mol. The highest BCUT2D eigenvalue weighted by Crippen LogP contribution is 2.13. The van der Waals surface area contributed by atoms with Crippen molar-refractivity contribution in [3.8, 4) is 0 Å². The highest BCUT2D eigenvalue weighted by Gasteiger charge is 2.13. The van der Waals surface area contributed by atoms with Gasteiger partial charge in [-0.3, -0.25) is 0 Å². The molecule has 4 heteroatoms. The molecule has 2 N–H and O–H groups in total. The van der Waals surface area contributed by atoms with Gasteiger partial charge < -0.3 is 19.9 Å². The van der Waals surface area contributed by atoms with Gasteiger partial charge in [-0.05, 0) is 38.6 Å². The van der Waals surface area contributed by atoms with E-state index in [9.17, 15) is 0 Å². The maximum Gasteiger partial charge on any atom is 0.157 e. The third-order valence-corrected chi connectivity index (χ3v) is 2.37. The van der Waals surface area contributed by atoms with Gasteiger partial charge >= 0.3 is 0 Å². The molecule has 1 aliphatic heterocycles. The van der Waals surface area contributed by atoms with Crippen LogP contribution in [0.2, 0.25) is 0 Å². The van der Waals surface area contributed by atoms with Crippen molar-refractivity contribution in [1.82, 2.24) is 0 Å². The van der Waals surface area contributed by atoms with E-state index in [-0.39, 0.29) is 6.29 Å². The molecule has 1 saturated heterocycles. The fourth-order valence-corrected chi connectivity index (χ4v) is 1.51. The summed E-state index contributed by atoms with van der Waals surface area (Å²) in [4.78, 5) is 0. The van der Waals surface area contributed by atoms with E-state index in [1.54, 1.807) is 0 Å². The highest BCUT2D eigenvalue weighted by atomic mass is 16.7. The third kappa shape index (κ3) is 6.84. The molecule has 0 aromatic rings. The SMILES string of the molecule is NCCCOCCCOC1CCCCO1. The molecule has 1 fully saturated rings. The van der Waals surface area contributed by atoms with Crippen LogP contribution in [-0.2, 0) is 14.2 Å². The molecule has 1 rings (SSSR count). The van der Waals surface area contributed by atoms with Gasteiger partial charge in [-0.15, -0.1) is 0 Å². The van der Waals surface area contributed by atoms with Crippen LogP contribution in [0.5, 0.6) is 0 Å². The van der Waals surface area contributed by atoms with Crippen LogP contribution in [0.4, 0.5) is 0 Å². The van der Waals surface area contributed by atoms with E-state index in [1.165, 1.54) is 12.8 Å². The van der Waals surface area contributed by atoms with Crippen molar-refractivity contribution >= 4 is 0 Å². The second-order valence-corrected chi connectivity index (χ2v) is 3.78. The zero-order chi connectivity index (χ0) is 10.8. The standard InChI is InChI=1S/C11H23NO3/c12-6-3-7-13-8-4-10-15-11-5-1-2-9-14-11/h11H,1-10,12H2. The van der Waals surface area contributed by atoms with Crippen LogP contribution in [0.1, 0.15) is 32.1 Å². The average Bonchev–Trinajstić information content (AvgIpc) is 2.29. The maximum absolute atomic E-state index is 5.56. The second kappa shape index (κ2) is 9.09. The van der Waals surface area contributed by atoms with E-state index in [2.05, 4.69) is 0 Å². The van der Waals surface area contributed by atoms with Crippen LogP contribution < -0.4 is 5.73 Å². The molecule has 1 atom stereocenters. The summed E-state index contributed by atoms with van der Waals surface area (Å²) in [6, 6.07) is 0. The summed E-state index contributed by atoms with van der Waals surface area (Å²) in [5.74, 6) is 0. The summed E-state index contributed by atoms with van der Waals surface area (Å²) in [6.45, 7) is 3.79. The maximum atomic E-state index is 5.56. The Morgan fingerprint density at radius 2 is 2.00 bits per heavy atom. The first-order valence-electron chi connectivity index (χ1n) is 5.94. The summed E-state index contributed by atoms with van der Waals surface area (Å²) in [5, 5.41) is 0. The Balaban J connectivity index is 1.79. The predicted octanol–water partition coefficient (Wildman–Crippen LogP) is 1.29. The minimum atomic E-state index is 0.0304. The Kier molecular flexibility index (Phi) is 7.83. The molecule has 4 nitrogen and oxygen atoms in total. The summed E-state index contributed by atoms with van der Waals surface area (Å²) in [5.41, 5.74) is 5.35. The summed E-state index contributed by atoms with van der Waals surface area (Å²) >= 11 is 0. The molecule has 0 bridgehead atoms. The third-order valence-electron chi connectivity index (χ3n) is 2.37.